The van der Waals surface area contributed by atoms with Gasteiger partial charge in [-0.2, -0.15) is 0 Å². The van der Waals surface area contributed by atoms with Gasteiger partial charge in [0, 0.05) is 63.2 Å². The van der Waals surface area contributed by atoms with Gasteiger partial charge in [-0.05, 0) is 182 Å². The molecule has 0 bridgehead atoms. The molecule has 0 amide bonds. The van der Waals surface area contributed by atoms with Crippen LogP contribution in [0.25, 0.3) is 0 Å². The first-order valence-electron chi connectivity index (χ1n) is 28.8. The van der Waals surface area contributed by atoms with E-state index < -0.39 is 0 Å². The van der Waals surface area contributed by atoms with Crippen LogP contribution in [-0.4, -0.2) is 125 Å². The van der Waals surface area contributed by atoms with Crippen molar-refractivity contribution < 1.29 is 23.8 Å². The summed E-state index contributed by atoms with van der Waals surface area (Å²) in [6, 6.07) is 44.2. The second-order valence-electron chi connectivity index (χ2n) is 24.3. The summed E-state index contributed by atoms with van der Waals surface area (Å²) in [6.07, 6.45) is 4.62. The Morgan fingerprint density at radius 1 is 0.550 bits per heavy atom. The topological polar surface area (TPSA) is 94.5 Å². The molecule has 4 aliphatic heterocycles. The van der Waals surface area contributed by atoms with Crippen LogP contribution in [0.1, 0.15) is 135 Å². The van der Waals surface area contributed by atoms with Crippen molar-refractivity contribution in [2.24, 2.45) is 0 Å². The van der Waals surface area contributed by atoms with Crippen molar-refractivity contribution in [3.63, 3.8) is 0 Å². The van der Waals surface area contributed by atoms with Gasteiger partial charge in [0.25, 0.3) is 0 Å². The van der Waals surface area contributed by atoms with Crippen LogP contribution >= 0.6 is 24.8 Å². The minimum absolute atomic E-state index is 0. The van der Waals surface area contributed by atoms with Crippen LogP contribution in [0, 0.1) is 11.6 Å². The number of nitrogens with zero attached hydrogens (tertiary/aromatic N) is 4. The maximum Gasteiger partial charge on any atom is 0.160 e. The first-order valence-corrected chi connectivity index (χ1v) is 28.8. The van der Waals surface area contributed by atoms with Crippen molar-refractivity contribution in [1.82, 2.24) is 30.2 Å². The Bertz CT molecular complexity index is 2850. The summed E-state index contributed by atoms with van der Waals surface area (Å²) in [5, 5.41) is 30.5. The number of likely N-dealkylation sites (tertiary alicyclic amines) is 2. The average molecular weight is 1130 g/mol. The summed E-state index contributed by atoms with van der Waals surface area (Å²) < 4.78 is 28.2. The van der Waals surface area contributed by atoms with Crippen LogP contribution in [-0.2, 0) is 28.5 Å². The number of phenolic OH excluding ortho intramolecular Hbond substituents is 2. The van der Waals surface area contributed by atoms with Crippen LogP contribution in [0.2, 0.25) is 0 Å². The van der Waals surface area contributed by atoms with Gasteiger partial charge in [0.05, 0.1) is 25.2 Å². The van der Waals surface area contributed by atoms with E-state index >= 15 is 0 Å². The molecule has 4 fully saturated rings. The van der Waals surface area contributed by atoms with Crippen molar-refractivity contribution >= 4 is 30.6 Å². The van der Waals surface area contributed by atoms with Gasteiger partial charge in [0.15, 0.2) is 5.78 Å². The fourth-order valence-corrected chi connectivity index (χ4v) is 13.5. The van der Waals surface area contributed by atoms with Gasteiger partial charge >= 0.3 is 0 Å². The molecule has 6 aromatic rings. The molecule has 2 unspecified atom stereocenters. The van der Waals surface area contributed by atoms with E-state index in [1.165, 1.54) is 46.5 Å². The van der Waals surface area contributed by atoms with E-state index in [1.807, 2.05) is 36.4 Å². The lowest BCUT2D eigenvalue weighted by atomic mass is 9.71. The van der Waals surface area contributed by atoms with Gasteiger partial charge in [-0.15, -0.1) is 24.8 Å². The molecule has 6 atom stereocenters. The standard InChI is InChI=1S/C67H82F2N6O3.2ClH/c1-45-41-74(47(3)39-70-45)64(53-23-21-51(62(77)37-53)33-49-13-11-15-55(68)35-49)58-17-7-9-19-60(58)66(5)25-29-72(30-26-66)43-57(76)44-73-31-27-67(6,28-32-73)61-20-10-8-18-59(61)65(75-42-46(2)71-40-48(75)4)54-24-22-52(63(78)38-54)34-50-14-12-16-56(69)36-50;;/h7-24,35-38,45-48,64-65,70-71,77-78H,25-34,39-44H2,1-6H3;2*1H/t45-,46-,47+,48+,64?,65?;;/m1../s1. The Morgan fingerprint density at radius 2 is 0.938 bits per heavy atom. The molecular weight excluding hydrogens is 1050 g/mol. The molecule has 80 heavy (non-hydrogen) atoms. The minimum Gasteiger partial charge on any atom is -0.508 e. The Labute approximate surface area is 487 Å². The second kappa shape index (κ2) is 26.4. The molecule has 9 nitrogen and oxygen atoms in total. The maximum atomic E-state index is 14.1. The molecule has 0 aromatic heterocycles. The number of phenols is 2. The van der Waals surface area contributed by atoms with Crippen LogP contribution < -0.4 is 10.6 Å². The smallest absolute Gasteiger partial charge is 0.160 e. The Hall–Kier alpha value is -5.21. The van der Waals surface area contributed by atoms with Crippen LogP contribution in [0.3, 0.4) is 0 Å². The molecule has 0 radical (unpaired) electrons. The fourth-order valence-electron chi connectivity index (χ4n) is 13.5. The van der Waals surface area contributed by atoms with Crippen LogP contribution in [0.5, 0.6) is 11.5 Å². The normalized spacial score (nSPS) is 22.6. The first kappa shape index (κ1) is 60.9. The maximum absolute atomic E-state index is 14.1. The zero-order valence-corrected chi connectivity index (χ0v) is 49.3. The SMILES string of the molecule is C[C@@H]1CN(C(c2ccc(Cc3cccc(F)c3)c(O)c2)c2ccccc2C2(C)CCN(CC(=O)CN3CCC(C)(c4ccccc4C(c4ccc(Cc5cccc(F)c5)c(O)c4)N4C[C@@H](C)NC[C@@H]4C)CC3)CC2)[C@@H](C)CN1.Cl.Cl. The van der Waals surface area contributed by atoms with E-state index in [2.05, 4.69) is 132 Å². The van der Waals surface area contributed by atoms with Crippen molar-refractivity contribution in [3.05, 3.63) is 201 Å². The number of halogens is 4. The van der Waals surface area contributed by atoms with Gasteiger partial charge in [-0.25, -0.2) is 8.78 Å². The number of aromatic hydroxyl groups is 2. The highest BCUT2D eigenvalue weighted by atomic mass is 35.5. The van der Waals surface area contributed by atoms with Crippen molar-refractivity contribution in [3.8, 4) is 11.5 Å². The lowest BCUT2D eigenvalue weighted by Gasteiger charge is -2.46. The van der Waals surface area contributed by atoms with Gasteiger partial charge in [0.2, 0.25) is 0 Å². The largest absolute Gasteiger partial charge is 0.508 e. The van der Waals surface area contributed by atoms with Crippen LogP contribution in [0.4, 0.5) is 8.78 Å². The Morgan fingerprint density at radius 3 is 1.31 bits per heavy atom. The molecule has 13 heteroatoms. The van der Waals surface area contributed by atoms with Crippen molar-refractivity contribution in [1.29, 1.82) is 0 Å². The molecule has 10 rings (SSSR count). The van der Waals surface area contributed by atoms with Gasteiger partial charge in [-0.3, -0.25) is 24.4 Å². The monoisotopic (exact) mass is 1130 g/mol. The van der Waals surface area contributed by atoms with E-state index in [0.29, 0.717) is 38.0 Å². The predicted octanol–water partition coefficient (Wildman–Crippen LogP) is 11.9. The summed E-state index contributed by atoms with van der Waals surface area (Å²) in [6.45, 7) is 21.6. The van der Waals surface area contributed by atoms with E-state index in [-0.39, 0.29) is 88.7 Å². The molecule has 4 heterocycles. The summed E-state index contributed by atoms with van der Waals surface area (Å²) in [5.74, 6) is 0.166. The summed E-state index contributed by atoms with van der Waals surface area (Å²) in [4.78, 5) is 24.0. The highest BCUT2D eigenvalue weighted by Gasteiger charge is 2.41. The molecule has 4 aliphatic rings. The van der Waals surface area contributed by atoms with E-state index in [4.69, 9.17) is 0 Å². The highest BCUT2D eigenvalue weighted by Crippen LogP contribution is 2.46. The first-order chi connectivity index (χ1) is 37.5. The third kappa shape index (κ3) is 13.8. The van der Waals surface area contributed by atoms with Gasteiger partial charge < -0.3 is 20.8 Å². The quantitative estimate of drug-likeness (QED) is 0.0756. The Balaban J connectivity index is 0.00000420. The van der Waals surface area contributed by atoms with E-state index in [1.54, 1.807) is 12.1 Å². The van der Waals surface area contributed by atoms with Gasteiger partial charge in [0.1, 0.15) is 23.1 Å². The number of Topliss-reactive ketones (excluding diaryl/α,β-unsaturated/α-hetero) is 1. The number of piperidine rings is 2. The van der Waals surface area contributed by atoms with Gasteiger partial charge in [-0.1, -0.05) is 111 Å². The fraction of sp³-hybridized carbons (Fsp3) is 0.448. The average Bonchev–Trinajstić information content (AvgIpc) is 3.58. The number of carbonyl (C=O) groups excluding carboxylic acids is 1. The van der Waals surface area contributed by atoms with Crippen molar-refractivity contribution in [2.45, 2.75) is 127 Å². The molecule has 6 aromatic carbocycles. The summed E-state index contributed by atoms with van der Waals surface area (Å²) in [5.41, 5.74) is 10.2. The van der Waals surface area contributed by atoms with E-state index in [0.717, 1.165) is 111 Å². The minimum atomic E-state index is -0.279. The third-order valence-corrected chi connectivity index (χ3v) is 18.2. The number of piperazine rings is 2. The number of hydrogen-bond acceptors (Lipinski definition) is 9. The molecule has 0 spiro atoms. The Kier molecular flexibility index (Phi) is 20.1. The zero-order chi connectivity index (χ0) is 54.7. The number of ketones is 1. The molecule has 428 valence electrons. The number of rotatable bonds is 16. The lowest BCUT2D eigenvalue weighted by Crippen LogP contribution is -2.55. The number of benzene rings is 6. The van der Waals surface area contributed by atoms with E-state index in [9.17, 15) is 23.8 Å². The third-order valence-electron chi connectivity index (χ3n) is 18.2. The number of nitrogens with one attached hydrogen (secondary N) is 2. The highest BCUT2D eigenvalue weighted by molar-refractivity contribution is 5.85. The second-order valence-corrected chi connectivity index (χ2v) is 24.3. The zero-order valence-electron chi connectivity index (χ0n) is 47.6. The van der Waals surface area contributed by atoms with Crippen molar-refractivity contribution in [2.75, 3.05) is 65.4 Å². The molecule has 0 aliphatic carbocycles. The summed E-state index contributed by atoms with van der Waals surface area (Å²) >= 11 is 0. The van der Waals surface area contributed by atoms with Crippen LogP contribution in [0.15, 0.2) is 133 Å². The molecule has 4 N–H and O–H groups in total. The lowest BCUT2D eigenvalue weighted by molar-refractivity contribution is -0.122. The summed E-state index contributed by atoms with van der Waals surface area (Å²) in [7, 11) is 0. The predicted molar refractivity (Wildman–Crippen MR) is 324 cm³/mol. The number of carbonyl (C=O) groups is 1. The molecular formula is C67H84Cl2F2N6O3. The molecule has 0 saturated carbocycles. The number of hydrogen-bond donors (Lipinski definition) is 4. The molecule has 4 saturated heterocycles.